The van der Waals surface area contributed by atoms with Crippen molar-refractivity contribution in [3.8, 4) is 0 Å². The van der Waals surface area contributed by atoms with Crippen LogP contribution in [-0.4, -0.2) is 27.9 Å². The summed E-state index contributed by atoms with van der Waals surface area (Å²) in [5.74, 6) is 0. The van der Waals surface area contributed by atoms with E-state index in [-0.39, 0.29) is 11.5 Å². The monoisotopic (exact) mass is 330 g/mol. The maximum Gasteiger partial charge on any atom is 0.0658 e. The van der Waals surface area contributed by atoms with E-state index in [1.165, 1.54) is 0 Å². The van der Waals surface area contributed by atoms with Crippen molar-refractivity contribution in [3.63, 3.8) is 0 Å². The molecular formula is C20H18N4O. The van der Waals surface area contributed by atoms with E-state index >= 15 is 0 Å². The van der Waals surface area contributed by atoms with Crippen molar-refractivity contribution in [1.82, 2.24) is 10.3 Å². The summed E-state index contributed by atoms with van der Waals surface area (Å²) in [4.78, 5) is 12.7. The van der Waals surface area contributed by atoms with Crippen LogP contribution in [0.25, 0.3) is 12.2 Å². The maximum absolute atomic E-state index is 4.68. The number of hydrogen-bond acceptors (Lipinski definition) is 3. The lowest BCUT2D eigenvalue weighted by atomic mass is 10.2. The highest BCUT2D eigenvalue weighted by Crippen LogP contribution is 2.19. The highest BCUT2D eigenvalue weighted by molar-refractivity contribution is 6.20. The first-order valence-electron chi connectivity index (χ1n) is 8.12. The SMILES string of the molecule is C1=C/C2=C/C3=CCC(/C=C4/C=CC(=N4)/C=c4/cc/c([nH]4)=C/C1=N2)N3.O. The molecular weight excluding hydrogens is 312 g/mol. The zero-order chi connectivity index (χ0) is 15.9. The average Bonchev–Trinajstić information content (AvgIpc) is 3.32. The number of rotatable bonds is 0. The molecule has 0 saturated heterocycles. The third kappa shape index (κ3) is 3.09. The number of allylic oxidation sites excluding steroid dienone is 5. The van der Waals surface area contributed by atoms with Gasteiger partial charge in [0.1, 0.15) is 0 Å². The molecule has 1 aromatic rings. The third-order valence-electron chi connectivity index (χ3n) is 4.32. The summed E-state index contributed by atoms with van der Waals surface area (Å²) in [5.41, 5.74) is 5.02. The molecule has 4 aliphatic heterocycles. The summed E-state index contributed by atoms with van der Waals surface area (Å²) in [5, 5.41) is 5.59. The van der Waals surface area contributed by atoms with Crippen LogP contribution in [0.5, 0.6) is 0 Å². The first-order valence-corrected chi connectivity index (χ1v) is 8.12. The van der Waals surface area contributed by atoms with Crippen LogP contribution in [0.15, 0.2) is 81.7 Å². The van der Waals surface area contributed by atoms with Crippen molar-refractivity contribution in [2.45, 2.75) is 12.5 Å². The van der Waals surface area contributed by atoms with Crippen LogP contribution >= 0.6 is 0 Å². The minimum atomic E-state index is 0. The number of nitrogens with zero attached hydrogens (tertiary/aromatic N) is 2. The van der Waals surface area contributed by atoms with Gasteiger partial charge in [0.05, 0.1) is 28.9 Å². The topological polar surface area (TPSA) is 84.0 Å². The van der Waals surface area contributed by atoms with Crippen LogP contribution in [0.3, 0.4) is 0 Å². The molecule has 5 nitrogen and oxygen atoms in total. The second kappa shape index (κ2) is 6.03. The predicted molar refractivity (Wildman–Crippen MR) is 102 cm³/mol. The molecule has 0 aliphatic carbocycles. The Balaban J connectivity index is 0.00000157. The maximum atomic E-state index is 4.68. The van der Waals surface area contributed by atoms with Gasteiger partial charge in [-0.05, 0) is 67.2 Å². The molecule has 5 rings (SSSR count). The number of aromatic nitrogens is 1. The van der Waals surface area contributed by atoms with Gasteiger partial charge in [0.2, 0.25) is 0 Å². The molecule has 1 atom stereocenters. The molecule has 5 heterocycles. The Hall–Kier alpha value is -3.18. The molecule has 1 unspecified atom stereocenters. The number of aliphatic imine (C=N–C) groups is 2. The number of nitrogens with one attached hydrogen (secondary N) is 2. The van der Waals surface area contributed by atoms with E-state index in [1.54, 1.807) is 0 Å². The zero-order valence-electron chi connectivity index (χ0n) is 13.5. The summed E-state index contributed by atoms with van der Waals surface area (Å²) in [7, 11) is 0. The molecule has 1 aromatic heterocycles. The summed E-state index contributed by atoms with van der Waals surface area (Å²) >= 11 is 0. The molecule has 5 heteroatoms. The van der Waals surface area contributed by atoms with Crippen LogP contribution in [0.2, 0.25) is 0 Å². The van der Waals surface area contributed by atoms with Crippen molar-refractivity contribution in [2.75, 3.05) is 0 Å². The highest BCUT2D eigenvalue weighted by Gasteiger charge is 2.15. The van der Waals surface area contributed by atoms with Gasteiger partial charge in [0.25, 0.3) is 0 Å². The number of fused-ring (bicyclic) bond motifs is 6. The quantitative estimate of drug-likeness (QED) is 0.724. The Morgan fingerprint density at radius 3 is 2.28 bits per heavy atom. The van der Waals surface area contributed by atoms with Crippen molar-refractivity contribution in [2.24, 2.45) is 9.98 Å². The van der Waals surface area contributed by atoms with Gasteiger partial charge in [-0.15, -0.1) is 0 Å². The summed E-state index contributed by atoms with van der Waals surface area (Å²) in [6.07, 6.45) is 19.8. The van der Waals surface area contributed by atoms with Crippen LogP contribution in [-0.2, 0) is 0 Å². The first kappa shape index (κ1) is 15.4. The molecule has 8 bridgehead atoms. The van der Waals surface area contributed by atoms with E-state index in [4.69, 9.17) is 0 Å². The second-order valence-electron chi connectivity index (χ2n) is 6.20. The summed E-state index contributed by atoms with van der Waals surface area (Å²) < 4.78 is 0. The van der Waals surface area contributed by atoms with Gasteiger partial charge >= 0.3 is 0 Å². The van der Waals surface area contributed by atoms with Crippen LogP contribution in [0, 0.1) is 0 Å². The molecule has 0 saturated carbocycles. The predicted octanol–water partition coefficient (Wildman–Crippen LogP) is 0.800. The fraction of sp³-hybridized carbons (Fsp3) is 0.100. The molecule has 4 N–H and O–H groups in total. The molecule has 0 fully saturated rings. The molecule has 0 amide bonds. The third-order valence-corrected chi connectivity index (χ3v) is 4.32. The largest absolute Gasteiger partial charge is 0.412 e. The average molecular weight is 330 g/mol. The fourth-order valence-electron chi connectivity index (χ4n) is 3.20. The minimum absolute atomic E-state index is 0. The van der Waals surface area contributed by atoms with Crippen molar-refractivity contribution in [1.29, 1.82) is 0 Å². The first-order chi connectivity index (χ1) is 11.8. The lowest BCUT2D eigenvalue weighted by Crippen LogP contribution is -2.19. The Bertz CT molecular complexity index is 1060. The highest BCUT2D eigenvalue weighted by atomic mass is 16.0. The zero-order valence-corrected chi connectivity index (χ0v) is 13.5. The van der Waals surface area contributed by atoms with Crippen molar-refractivity contribution >= 4 is 23.6 Å². The summed E-state index contributed by atoms with van der Waals surface area (Å²) in [6, 6.07) is 4.40. The Kier molecular flexibility index (Phi) is 3.71. The second-order valence-corrected chi connectivity index (χ2v) is 6.20. The van der Waals surface area contributed by atoms with Crippen LogP contribution < -0.4 is 16.0 Å². The van der Waals surface area contributed by atoms with Crippen LogP contribution in [0.4, 0.5) is 0 Å². The Morgan fingerprint density at radius 1 is 0.840 bits per heavy atom. The van der Waals surface area contributed by atoms with Gasteiger partial charge in [-0.3, -0.25) is 0 Å². The van der Waals surface area contributed by atoms with E-state index in [1.807, 2.05) is 18.2 Å². The van der Waals surface area contributed by atoms with Gasteiger partial charge in [0, 0.05) is 16.4 Å². The smallest absolute Gasteiger partial charge is 0.0658 e. The molecule has 124 valence electrons. The molecule has 25 heavy (non-hydrogen) atoms. The molecule has 4 aliphatic rings. The van der Waals surface area contributed by atoms with E-state index < -0.39 is 0 Å². The molecule has 0 spiro atoms. The number of hydrogen-bond donors (Lipinski definition) is 2. The number of aromatic amines is 1. The van der Waals surface area contributed by atoms with E-state index in [0.29, 0.717) is 0 Å². The standard InChI is InChI=1S/C20H16N4.H2O/c1-2-14-10-16-5-6-18(23-16)12-20-8-7-19(24-20)11-17-4-3-15(22-17)9-13(1)21-14;/h1-7,9-12,20-21,24H,8H2;1H2/b13-9-,14-10-,17-11-,18-12-;. The van der Waals surface area contributed by atoms with Crippen molar-refractivity contribution < 1.29 is 5.48 Å². The van der Waals surface area contributed by atoms with Crippen LogP contribution in [0.1, 0.15) is 6.42 Å². The van der Waals surface area contributed by atoms with Crippen molar-refractivity contribution in [3.05, 3.63) is 82.5 Å². The van der Waals surface area contributed by atoms with Gasteiger partial charge in [0.15, 0.2) is 0 Å². The lowest BCUT2D eigenvalue weighted by Gasteiger charge is -2.07. The van der Waals surface area contributed by atoms with E-state index in [2.05, 4.69) is 68.9 Å². The fourth-order valence-corrected chi connectivity index (χ4v) is 3.20. The van der Waals surface area contributed by atoms with Gasteiger partial charge in [-0.2, -0.15) is 0 Å². The normalized spacial score (nSPS) is 29.4. The Labute approximate surface area is 144 Å². The Morgan fingerprint density at radius 2 is 1.52 bits per heavy atom. The number of H-pyrrole nitrogens is 1. The van der Waals surface area contributed by atoms with Gasteiger partial charge < -0.3 is 15.8 Å². The van der Waals surface area contributed by atoms with Gasteiger partial charge in [-0.1, -0.05) is 6.08 Å². The minimum Gasteiger partial charge on any atom is -0.412 e. The molecule has 0 radical (unpaired) electrons. The van der Waals surface area contributed by atoms with E-state index in [9.17, 15) is 0 Å². The van der Waals surface area contributed by atoms with E-state index in [0.717, 1.165) is 45.6 Å². The van der Waals surface area contributed by atoms with Gasteiger partial charge in [-0.25, -0.2) is 9.98 Å². The summed E-state index contributed by atoms with van der Waals surface area (Å²) in [6.45, 7) is 0. The lowest BCUT2D eigenvalue weighted by molar-refractivity contribution is 0.739. The molecule has 0 aromatic carbocycles.